The highest BCUT2D eigenvalue weighted by Gasteiger charge is 2.35. The Hall–Kier alpha value is -0.770. The molecule has 2 fully saturated rings. The Morgan fingerprint density at radius 1 is 1.26 bits per heavy atom. The van der Waals surface area contributed by atoms with Crippen LogP contribution in [0, 0.1) is 0 Å². The topological polar surface area (TPSA) is 41.6 Å². The van der Waals surface area contributed by atoms with Crippen LogP contribution < -0.4 is 5.32 Å². The Morgan fingerprint density at radius 2 is 2.00 bits per heavy atom. The van der Waals surface area contributed by atoms with E-state index in [4.69, 9.17) is 4.74 Å². The molecule has 4 heteroatoms. The predicted molar refractivity (Wildman–Crippen MR) is 76.2 cm³/mol. The lowest BCUT2D eigenvalue weighted by Gasteiger charge is -2.30. The van der Waals surface area contributed by atoms with Gasteiger partial charge in [0.2, 0.25) is 0 Å². The second-order valence-electron chi connectivity index (χ2n) is 6.84. The summed E-state index contributed by atoms with van der Waals surface area (Å²) in [5.74, 6) is 0. The fourth-order valence-electron chi connectivity index (χ4n) is 2.60. The van der Waals surface area contributed by atoms with Crippen LogP contribution in [0.3, 0.4) is 0 Å². The molecule has 0 radical (unpaired) electrons. The molecule has 1 amide bonds. The predicted octanol–water partition coefficient (Wildman–Crippen LogP) is 2.92. The molecule has 0 aromatic carbocycles. The summed E-state index contributed by atoms with van der Waals surface area (Å²) in [5.41, 5.74) is -0.396. The van der Waals surface area contributed by atoms with Gasteiger partial charge in [0.05, 0.1) is 0 Å². The molecule has 1 aliphatic carbocycles. The fourth-order valence-corrected chi connectivity index (χ4v) is 2.60. The van der Waals surface area contributed by atoms with Gasteiger partial charge in [-0.25, -0.2) is 4.79 Å². The Balaban J connectivity index is 1.80. The smallest absolute Gasteiger partial charge is 0.410 e. The van der Waals surface area contributed by atoms with E-state index in [2.05, 4.69) is 5.32 Å². The highest BCUT2D eigenvalue weighted by atomic mass is 16.6. The second kappa shape index (κ2) is 6.12. The van der Waals surface area contributed by atoms with Gasteiger partial charge in [-0.1, -0.05) is 6.42 Å². The van der Waals surface area contributed by atoms with Crippen molar-refractivity contribution in [2.24, 2.45) is 0 Å². The van der Waals surface area contributed by atoms with Crippen molar-refractivity contribution in [3.8, 4) is 0 Å². The van der Waals surface area contributed by atoms with E-state index in [9.17, 15) is 4.79 Å². The second-order valence-corrected chi connectivity index (χ2v) is 6.84. The first-order chi connectivity index (χ1) is 8.96. The third-order valence-electron chi connectivity index (χ3n) is 3.75. The number of nitrogens with one attached hydrogen (secondary N) is 1. The van der Waals surface area contributed by atoms with E-state index >= 15 is 0 Å². The van der Waals surface area contributed by atoms with Crippen LogP contribution in [0.15, 0.2) is 0 Å². The molecule has 4 nitrogen and oxygen atoms in total. The summed E-state index contributed by atoms with van der Waals surface area (Å²) >= 11 is 0. The first kappa shape index (κ1) is 14.6. The molecule has 110 valence electrons. The SMILES string of the molecule is CC(C)(C)OC(=O)N(CCC1CCCCN1)C1CC1. The summed E-state index contributed by atoms with van der Waals surface area (Å²) in [4.78, 5) is 14.1. The zero-order valence-corrected chi connectivity index (χ0v) is 12.6. The van der Waals surface area contributed by atoms with Gasteiger partial charge < -0.3 is 15.0 Å². The van der Waals surface area contributed by atoms with Crippen LogP contribution in [0.1, 0.15) is 59.3 Å². The molecule has 0 aromatic rings. The molecule has 1 N–H and O–H groups in total. The maximum Gasteiger partial charge on any atom is 0.410 e. The van der Waals surface area contributed by atoms with E-state index < -0.39 is 5.60 Å². The number of ether oxygens (including phenoxy) is 1. The molecule has 0 spiro atoms. The minimum Gasteiger partial charge on any atom is -0.444 e. The molecule has 0 aromatic heterocycles. The van der Waals surface area contributed by atoms with Crippen LogP contribution in [0.2, 0.25) is 0 Å². The van der Waals surface area contributed by atoms with E-state index in [1.165, 1.54) is 19.3 Å². The minimum atomic E-state index is -0.396. The van der Waals surface area contributed by atoms with Gasteiger partial charge in [-0.3, -0.25) is 0 Å². The lowest BCUT2D eigenvalue weighted by atomic mass is 10.0. The molecule has 1 aliphatic heterocycles. The monoisotopic (exact) mass is 268 g/mol. The van der Waals surface area contributed by atoms with Crippen molar-refractivity contribution >= 4 is 6.09 Å². The van der Waals surface area contributed by atoms with Crippen molar-refractivity contribution in [1.82, 2.24) is 10.2 Å². The Bertz CT molecular complexity index is 302. The summed E-state index contributed by atoms with van der Waals surface area (Å²) in [6.07, 6.45) is 7.03. The summed E-state index contributed by atoms with van der Waals surface area (Å²) in [6.45, 7) is 7.74. The zero-order chi connectivity index (χ0) is 13.9. The summed E-state index contributed by atoms with van der Waals surface area (Å²) in [6, 6.07) is 1.01. The van der Waals surface area contributed by atoms with Crippen LogP contribution in [0.4, 0.5) is 4.79 Å². The van der Waals surface area contributed by atoms with E-state index in [0.29, 0.717) is 12.1 Å². The standard InChI is InChI=1S/C15H28N2O2/c1-15(2,3)19-14(18)17(13-7-8-13)11-9-12-6-4-5-10-16-12/h12-13,16H,4-11H2,1-3H3. The molecule has 1 saturated carbocycles. The fraction of sp³-hybridized carbons (Fsp3) is 0.933. The highest BCUT2D eigenvalue weighted by Crippen LogP contribution is 2.29. The van der Waals surface area contributed by atoms with Crippen LogP contribution in [-0.4, -0.2) is 41.8 Å². The maximum atomic E-state index is 12.2. The molecular weight excluding hydrogens is 240 g/mol. The largest absolute Gasteiger partial charge is 0.444 e. The Morgan fingerprint density at radius 3 is 2.53 bits per heavy atom. The average molecular weight is 268 g/mol. The normalized spacial score (nSPS) is 24.1. The van der Waals surface area contributed by atoms with E-state index in [-0.39, 0.29) is 6.09 Å². The maximum absolute atomic E-state index is 12.2. The summed E-state index contributed by atoms with van der Waals surface area (Å²) in [7, 11) is 0. The number of nitrogens with zero attached hydrogens (tertiary/aromatic N) is 1. The minimum absolute atomic E-state index is 0.134. The van der Waals surface area contributed by atoms with Gasteiger partial charge in [0.1, 0.15) is 5.60 Å². The molecule has 19 heavy (non-hydrogen) atoms. The van der Waals surface area contributed by atoms with Crippen molar-refractivity contribution in [1.29, 1.82) is 0 Å². The number of carbonyl (C=O) groups excluding carboxylic acids is 1. The lowest BCUT2D eigenvalue weighted by Crippen LogP contribution is -2.42. The number of hydrogen-bond acceptors (Lipinski definition) is 3. The van der Waals surface area contributed by atoms with Gasteiger partial charge in [-0.05, 0) is 59.4 Å². The van der Waals surface area contributed by atoms with Gasteiger partial charge >= 0.3 is 6.09 Å². The summed E-state index contributed by atoms with van der Waals surface area (Å²) in [5, 5.41) is 3.54. The lowest BCUT2D eigenvalue weighted by molar-refractivity contribution is 0.0225. The third kappa shape index (κ3) is 5.01. The van der Waals surface area contributed by atoms with Crippen molar-refractivity contribution < 1.29 is 9.53 Å². The van der Waals surface area contributed by atoms with Crippen LogP contribution >= 0.6 is 0 Å². The number of carbonyl (C=O) groups is 1. The van der Waals surface area contributed by atoms with Gasteiger partial charge in [0.25, 0.3) is 0 Å². The molecule has 2 rings (SSSR count). The quantitative estimate of drug-likeness (QED) is 0.852. The average Bonchev–Trinajstić information content (AvgIpc) is 3.13. The Kier molecular flexibility index (Phi) is 4.71. The Labute approximate surface area is 116 Å². The van der Waals surface area contributed by atoms with Gasteiger partial charge in [-0.15, -0.1) is 0 Å². The van der Waals surface area contributed by atoms with E-state index in [1.54, 1.807) is 0 Å². The van der Waals surface area contributed by atoms with Crippen molar-refractivity contribution in [3.63, 3.8) is 0 Å². The van der Waals surface area contributed by atoms with Crippen molar-refractivity contribution in [2.45, 2.75) is 77.0 Å². The van der Waals surface area contributed by atoms with Gasteiger partial charge in [0, 0.05) is 18.6 Å². The molecule has 1 atom stereocenters. The molecule has 1 heterocycles. The molecule has 2 aliphatic rings. The molecule has 0 bridgehead atoms. The zero-order valence-electron chi connectivity index (χ0n) is 12.6. The van der Waals surface area contributed by atoms with Gasteiger partial charge in [0.15, 0.2) is 0 Å². The summed E-state index contributed by atoms with van der Waals surface area (Å²) < 4.78 is 5.51. The van der Waals surface area contributed by atoms with Crippen molar-refractivity contribution in [2.75, 3.05) is 13.1 Å². The van der Waals surface area contributed by atoms with Gasteiger partial charge in [-0.2, -0.15) is 0 Å². The first-order valence-corrected chi connectivity index (χ1v) is 7.69. The first-order valence-electron chi connectivity index (χ1n) is 7.69. The van der Waals surface area contributed by atoms with Crippen LogP contribution in [0.25, 0.3) is 0 Å². The van der Waals surface area contributed by atoms with Crippen LogP contribution in [0.5, 0.6) is 0 Å². The number of hydrogen-bond donors (Lipinski definition) is 1. The number of amides is 1. The number of rotatable bonds is 4. The van der Waals surface area contributed by atoms with Crippen molar-refractivity contribution in [3.05, 3.63) is 0 Å². The molecule has 1 unspecified atom stereocenters. The molecule has 1 saturated heterocycles. The number of piperidine rings is 1. The van der Waals surface area contributed by atoms with E-state index in [1.807, 2.05) is 25.7 Å². The molecular formula is C15H28N2O2. The highest BCUT2D eigenvalue weighted by molar-refractivity contribution is 5.69. The van der Waals surface area contributed by atoms with E-state index in [0.717, 1.165) is 32.4 Å². The third-order valence-corrected chi connectivity index (χ3v) is 3.75. The van der Waals surface area contributed by atoms with Crippen LogP contribution in [-0.2, 0) is 4.74 Å².